The first-order valence-electron chi connectivity index (χ1n) is 6.11. The summed E-state index contributed by atoms with van der Waals surface area (Å²) in [6.07, 6.45) is 0.880. The molecule has 0 radical (unpaired) electrons. The van der Waals surface area contributed by atoms with Gasteiger partial charge in [-0.15, -0.1) is 11.6 Å². The molecule has 2 rings (SSSR count). The lowest BCUT2D eigenvalue weighted by Gasteiger charge is -2.03. The number of hydrogen-bond donors (Lipinski definition) is 0. The molecule has 0 aliphatic heterocycles. The Kier molecular flexibility index (Phi) is 4.93. The third-order valence-electron chi connectivity index (χ3n) is 2.81. The maximum atomic E-state index is 6.39. The van der Waals surface area contributed by atoms with Crippen LogP contribution in [0.1, 0.15) is 25.1 Å². The number of benzene rings is 1. The molecule has 0 saturated carbocycles. The van der Waals surface area contributed by atoms with E-state index in [1.807, 2.05) is 24.3 Å². The molecule has 19 heavy (non-hydrogen) atoms. The summed E-state index contributed by atoms with van der Waals surface area (Å²) in [5.41, 5.74) is 2.85. The summed E-state index contributed by atoms with van der Waals surface area (Å²) >= 11 is 15.8. The summed E-state index contributed by atoms with van der Waals surface area (Å²) in [6.45, 7) is 4.31. The predicted molar refractivity (Wildman–Crippen MR) is 84.4 cm³/mol. The second kappa shape index (κ2) is 6.29. The van der Waals surface area contributed by atoms with Gasteiger partial charge in [-0.05, 0) is 36.6 Å². The van der Waals surface area contributed by atoms with Crippen molar-refractivity contribution in [3.8, 4) is 5.69 Å². The van der Waals surface area contributed by atoms with Gasteiger partial charge in [0.05, 0.1) is 17.3 Å². The van der Waals surface area contributed by atoms with Crippen LogP contribution < -0.4 is 0 Å². The number of halogens is 3. The van der Waals surface area contributed by atoms with E-state index >= 15 is 0 Å². The molecule has 0 saturated heterocycles. The molecule has 0 N–H and O–H groups in total. The van der Waals surface area contributed by atoms with E-state index in [-0.39, 0.29) is 0 Å². The maximum Gasteiger partial charge on any atom is 0.137 e. The van der Waals surface area contributed by atoms with Gasteiger partial charge in [0, 0.05) is 10.0 Å². The van der Waals surface area contributed by atoms with Crippen molar-refractivity contribution in [2.75, 3.05) is 0 Å². The zero-order valence-corrected chi connectivity index (χ0v) is 13.9. The van der Waals surface area contributed by atoms with Crippen molar-refractivity contribution in [2.45, 2.75) is 26.1 Å². The molecule has 0 aliphatic rings. The first-order valence-corrected chi connectivity index (χ1v) is 7.81. The molecular weight excluding hydrogens is 347 g/mol. The largest absolute Gasteiger partial charge is 0.222 e. The minimum absolute atomic E-state index is 0.386. The maximum absolute atomic E-state index is 6.39. The SMILES string of the molecule is CC(C)Cc1nn(-c2ccc(Br)cc2)c(Cl)c1CCl. The molecule has 0 bridgehead atoms. The quantitative estimate of drug-likeness (QED) is 0.682. The molecule has 102 valence electrons. The molecule has 0 atom stereocenters. The fourth-order valence-corrected chi connectivity index (χ4v) is 2.83. The van der Waals surface area contributed by atoms with E-state index in [2.05, 4.69) is 34.9 Å². The van der Waals surface area contributed by atoms with Crippen molar-refractivity contribution in [1.82, 2.24) is 9.78 Å². The number of rotatable bonds is 4. The van der Waals surface area contributed by atoms with Crippen LogP contribution in [0.25, 0.3) is 5.69 Å². The summed E-state index contributed by atoms with van der Waals surface area (Å²) < 4.78 is 2.78. The van der Waals surface area contributed by atoms with Gasteiger partial charge in [0.15, 0.2) is 0 Å². The van der Waals surface area contributed by atoms with E-state index in [9.17, 15) is 0 Å². The van der Waals surface area contributed by atoms with Crippen LogP contribution in [-0.4, -0.2) is 9.78 Å². The van der Waals surface area contributed by atoms with Crippen molar-refractivity contribution in [2.24, 2.45) is 5.92 Å². The molecule has 0 aliphatic carbocycles. The minimum atomic E-state index is 0.386. The molecule has 1 aromatic carbocycles. The van der Waals surface area contributed by atoms with Crippen LogP contribution in [0, 0.1) is 5.92 Å². The molecule has 0 unspecified atom stereocenters. The molecular formula is C14H15BrCl2N2. The van der Waals surface area contributed by atoms with Gasteiger partial charge in [0.2, 0.25) is 0 Å². The van der Waals surface area contributed by atoms with E-state index in [1.165, 1.54) is 0 Å². The topological polar surface area (TPSA) is 17.8 Å². The summed E-state index contributed by atoms with van der Waals surface area (Å²) in [4.78, 5) is 0. The third kappa shape index (κ3) is 3.33. The van der Waals surface area contributed by atoms with Gasteiger partial charge in [-0.3, -0.25) is 0 Å². The van der Waals surface area contributed by atoms with Crippen molar-refractivity contribution < 1.29 is 0 Å². The van der Waals surface area contributed by atoms with Gasteiger partial charge in [0.25, 0.3) is 0 Å². The highest BCUT2D eigenvalue weighted by molar-refractivity contribution is 9.10. The Balaban J connectivity index is 2.46. The normalized spacial score (nSPS) is 11.3. The lowest BCUT2D eigenvalue weighted by atomic mass is 10.1. The third-order valence-corrected chi connectivity index (χ3v) is 3.99. The average Bonchev–Trinajstić information content (AvgIpc) is 2.66. The van der Waals surface area contributed by atoms with Gasteiger partial charge >= 0.3 is 0 Å². The average molecular weight is 362 g/mol. The zero-order valence-electron chi connectivity index (χ0n) is 10.8. The Bertz CT molecular complexity index is 562. The van der Waals surface area contributed by atoms with Crippen LogP contribution in [0.3, 0.4) is 0 Å². The van der Waals surface area contributed by atoms with E-state index in [0.717, 1.165) is 27.8 Å². The number of nitrogens with zero attached hydrogens (tertiary/aromatic N) is 2. The smallest absolute Gasteiger partial charge is 0.137 e. The van der Waals surface area contributed by atoms with Gasteiger partial charge in [0.1, 0.15) is 5.15 Å². The Labute approximate surface area is 131 Å². The lowest BCUT2D eigenvalue weighted by Crippen LogP contribution is -2.00. The van der Waals surface area contributed by atoms with Crippen LogP contribution in [0.15, 0.2) is 28.7 Å². The van der Waals surface area contributed by atoms with Crippen molar-refractivity contribution in [3.63, 3.8) is 0 Å². The number of aromatic nitrogens is 2. The molecule has 0 amide bonds. The number of hydrogen-bond acceptors (Lipinski definition) is 1. The molecule has 5 heteroatoms. The zero-order chi connectivity index (χ0) is 14.0. The van der Waals surface area contributed by atoms with Crippen LogP contribution in [0.2, 0.25) is 5.15 Å². The van der Waals surface area contributed by atoms with E-state index in [4.69, 9.17) is 23.2 Å². The Hall–Kier alpha value is -0.510. The van der Waals surface area contributed by atoms with Gasteiger partial charge in [-0.25, -0.2) is 4.68 Å². The molecule has 1 heterocycles. The fraction of sp³-hybridized carbons (Fsp3) is 0.357. The minimum Gasteiger partial charge on any atom is -0.222 e. The predicted octanol–water partition coefficient (Wildman–Crippen LogP) is 5.23. The van der Waals surface area contributed by atoms with Crippen molar-refractivity contribution in [1.29, 1.82) is 0 Å². The van der Waals surface area contributed by atoms with Crippen molar-refractivity contribution >= 4 is 39.1 Å². The van der Waals surface area contributed by atoms with Crippen LogP contribution in [-0.2, 0) is 12.3 Å². The highest BCUT2D eigenvalue weighted by atomic mass is 79.9. The summed E-state index contributed by atoms with van der Waals surface area (Å²) in [7, 11) is 0. The lowest BCUT2D eigenvalue weighted by molar-refractivity contribution is 0.626. The molecule has 2 nitrogen and oxygen atoms in total. The number of alkyl halides is 1. The highest BCUT2D eigenvalue weighted by Crippen LogP contribution is 2.27. The molecule has 0 fully saturated rings. The summed E-state index contributed by atoms with van der Waals surface area (Å²) in [5.74, 6) is 0.906. The Morgan fingerprint density at radius 3 is 2.42 bits per heavy atom. The van der Waals surface area contributed by atoms with Gasteiger partial charge in [-0.2, -0.15) is 5.10 Å². The highest BCUT2D eigenvalue weighted by Gasteiger charge is 2.17. The summed E-state index contributed by atoms with van der Waals surface area (Å²) in [6, 6.07) is 7.88. The van der Waals surface area contributed by atoms with Gasteiger partial charge in [-0.1, -0.05) is 41.4 Å². The molecule has 0 spiro atoms. The van der Waals surface area contributed by atoms with E-state index < -0.39 is 0 Å². The standard InChI is InChI=1S/C14H15BrCl2N2/c1-9(2)7-13-12(8-16)14(17)19(18-13)11-5-3-10(15)4-6-11/h3-6,9H,7-8H2,1-2H3. The second-order valence-electron chi connectivity index (χ2n) is 4.84. The molecule has 2 aromatic rings. The Morgan fingerprint density at radius 1 is 1.26 bits per heavy atom. The fourth-order valence-electron chi connectivity index (χ4n) is 1.91. The van der Waals surface area contributed by atoms with E-state index in [1.54, 1.807) is 4.68 Å². The summed E-state index contributed by atoms with van der Waals surface area (Å²) in [5, 5.41) is 5.21. The van der Waals surface area contributed by atoms with Crippen LogP contribution in [0.5, 0.6) is 0 Å². The van der Waals surface area contributed by atoms with Gasteiger partial charge < -0.3 is 0 Å². The second-order valence-corrected chi connectivity index (χ2v) is 6.38. The van der Waals surface area contributed by atoms with E-state index in [0.29, 0.717) is 17.0 Å². The van der Waals surface area contributed by atoms with Crippen LogP contribution in [0.4, 0.5) is 0 Å². The van der Waals surface area contributed by atoms with Crippen LogP contribution >= 0.6 is 39.1 Å². The first kappa shape index (κ1) is 14.9. The monoisotopic (exact) mass is 360 g/mol. The molecule has 1 aromatic heterocycles. The Morgan fingerprint density at radius 2 is 1.89 bits per heavy atom. The first-order chi connectivity index (χ1) is 9.02. The van der Waals surface area contributed by atoms with Crippen molar-refractivity contribution in [3.05, 3.63) is 45.1 Å².